The van der Waals surface area contributed by atoms with E-state index in [-0.39, 0.29) is 5.78 Å². The number of nitrogens with zero attached hydrogens (tertiary/aromatic N) is 1. The number of ether oxygens (including phenoxy) is 2. The van der Waals surface area contributed by atoms with E-state index in [2.05, 4.69) is 18.7 Å². The average molecular weight is 375 g/mol. The molecule has 2 aliphatic rings. The van der Waals surface area contributed by atoms with Gasteiger partial charge in [-0.05, 0) is 30.5 Å². The normalized spacial score (nSPS) is 17.7. The van der Waals surface area contributed by atoms with Crippen LogP contribution in [0.1, 0.15) is 40.9 Å². The quantitative estimate of drug-likeness (QED) is 0.707. The third-order valence-corrected chi connectivity index (χ3v) is 4.96. The van der Waals surface area contributed by atoms with E-state index in [0.717, 1.165) is 35.5 Å². The van der Waals surface area contributed by atoms with Crippen LogP contribution >= 0.6 is 0 Å². The third-order valence-electron chi connectivity index (χ3n) is 4.96. The summed E-state index contributed by atoms with van der Waals surface area (Å²) >= 11 is 0. The van der Waals surface area contributed by atoms with Crippen molar-refractivity contribution in [1.29, 1.82) is 0 Å². The first-order valence-electron chi connectivity index (χ1n) is 9.70. The van der Waals surface area contributed by atoms with Gasteiger partial charge in [0.2, 0.25) is 5.78 Å². The maximum absolute atomic E-state index is 12.9. The second kappa shape index (κ2) is 7.64. The van der Waals surface area contributed by atoms with Gasteiger partial charge in [-0.15, -0.1) is 0 Å². The van der Waals surface area contributed by atoms with E-state index in [1.165, 1.54) is 0 Å². The summed E-state index contributed by atoms with van der Waals surface area (Å²) in [5, 5.41) is 0. The van der Waals surface area contributed by atoms with Gasteiger partial charge in [-0.3, -0.25) is 9.69 Å². The van der Waals surface area contributed by atoms with Crippen LogP contribution in [0.5, 0.6) is 11.5 Å². The molecule has 0 unspecified atom stereocenters. The molecular weight excluding hydrogens is 350 g/mol. The fourth-order valence-corrected chi connectivity index (χ4v) is 3.76. The maximum atomic E-state index is 12.9. The zero-order valence-corrected chi connectivity index (χ0v) is 16.6. The first-order valence-corrected chi connectivity index (χ1v) is 9.70. The van der Waals surface area contributed by atoms with Gasteiger partial charge in [0, 0.05) is 24.2 Å². The highest BCUT2D eigenvalue weighted by atomic mass is 16.5. The lowest BCUT2D eigenvalue weighted by molar-refractivity contribution is 0.0835. The second-order valence-corrected chi connectivity index (χ2v) is 7.78. The molecule has 2 aromatic carbocycles. The van der Waals surface area contributed by atoms with Gasteiger partial charge in [-0.2, -0.15) is 0 Å². The van der Waals surface area contributed by atoms with Gasteiger partial charge in [-0.25, -0.2) is 0 Å². The van der Waals surface area contributed by atoms with Gasteiger partial charge in [0.1, 0.15) is 18.2 Å². The van der Waals surface area contributed by atoms with Crippen LogP contribution in [-0.4, -0.2) is 24.0 Å². The number of hydrogen-bond donors (Lipinski definition) is 0. The highest BCUT2D eigenvalue weighted by molar-refractivity contribution is 6.13. The fraction of sp³-hybridized carbons (Fsp3) is 0.292. The molecule has 0 N–H and O–H groups in total. The van der Waals surface area contributed by atoms with Crippen molar-refractivity contribution in [1.82, 2.24) is 4.90 Å². The van der Waals surface area contributed by atoms with Crippen LogP contribution in [0, 0.1) is 12.8 Å². The third kappa shape index (κ3) is 3.60. The Balaban J connectivity index is 1.58. The number of carbonyl (C=O) groups is 1. The Morgan fingerprint density at radius 2 is 1.96 bits per heavy atom. The molecule has 0 aliphatic carbocycles. The molecule has 144 valence electrons. The molecule has 0 spiro atoms. The summed E-state index contributed by atoms with van der Waals surface area (Å²) < 4.78 is 11.9. The van der Waals surface area contributed by atoms with Gasteiger partial charge in [0.05, 0.1) is 5.56 Å². The molecule has 2 aromatic rings. The van der Waals surface area contributed by atoms with Crippen LogP contribution in [0.15, 0.2) is 54.3 Å². The van der Waals surface area contributed by atoms with Crippen molar-refractivity contribution in [3.05, 3.63) is 76.6 Å². The molecule has 0 saturated carbocycles. The van der Waals surface area contributed by atoms with Crippen molar-refractivity contribution in [3.63, 3.8) is 0 Å². The number of fused-ring (bicyclic) bond motifs is 2. The molecule has 0 radical (unpaired) electrons. The summed E-state index contributed by atoms with van der Waals surface area (Å²) in [6, 6.07) is 11.9. The minimum Gasteiger partial charge on any atom is -0.477 e. The maximum Gasteiger partial charge on any atom is 0.231 e. The second-order valence-electron chi connectivity index (χ2n) is 7.78. The Bertz CT molecular complexity index is 958. The Morgan fingerprint density at radius 3 is 2.71 bits per heavy atom. The van der Waals surface area contributed by atoms with Crippen molar-refractivity contribution in [2.45, 2.75) is 27.3 Å². The highest BCUT2D eigenvalue weighted by Gasteiger charge is 2.33. The van der Waals surface area contributed by atoms with Gasteiger partial charge >= 0.3 is 0 Å². The monoisotopic (exact) mass is 375 g/mol. The fourth-order valence-electron chi connectivity index (χ4n) is 3.76. The van der Waals surface area contributed by atoms with Crippen LogP contribution < -0.4 is 9.47 Å². The molecule has 0 fully saturated rings. The number of carbonyl (C=O) groups excluding carboxylic acids is 1. The number of Topliss-reactive ketones (excluding diaryl/α,β-unsaturated/α-hetero) is 1. The minimum atomic E-state index is -0.0698. The Kier molecular flexibility index (Phi) is 5.05. The summed E-state index contributed by atoms with van der Waals surface area (Å²) in [4.78, 5) is 15.1. The van der Waals surface area contributed by atoms with Gasteiger partial charge in [0.25, 0.3) is 0 Å². The molecule has 2 aliphatic heterocycles. The number of rotatable bonds is 4. The van der Waals surface area contributed by atoms with Crippen molar-refractivity contribution in [2.75, 3.05) is 13.3 Å². The van der Waals surface area contributed by atoms with Crippen molar-refractivity contribution >= 4 is 11.9 Å². The molecule has 0 atom stereocenters. The highest BCUT2D eigenvalue weighted by Crippen LogP contribution is 2.42. The molecule has 0 aromatic heterocycles. The first kappa shape index (κ1) is 18.5. The van der Waals surface area contributed by atoms with Crippen molar-refractivity contribution in [2.24, 2.45) is 5.92 Å². The number of hydrogen-bond acceptors (Lipinski definition) is 4. The van der Waals surface area contributed by atoms with E-state index in [4.69, 9.17) is 9.47 Å². The molecule has 0 bridgehead atoms. The van der Waals surface area contributed by atoms with Crippen LogP contribution in [0.2, 0.25) is 0 Å². The number of ketones is 1. The van der Waals surface area contributed by atoms with E-state index < -0.39 is 0 Å². The van der Waals surface area contributed by atoms with E-state index >= 15 is 0 Å². The van der Waals surface area contributed by atoms with Gasteiger partial charge in [0.15, 0.2) is 5.76 Å². The topological polar surface area (TPSA) is 38.8 Å². The van der Waals surface area contributed by atoms with Crippen LogP contribution in [0.25, 0.3) is 6.08 Å². The van der Waals surface area contributed by atoms with E-state index in [1.54, 1.807) is 6.08 Å². The Labute approximate surface area is 166 Å². The summed E-state index contributed by atoms with van der Waals surface area (Å²) in [6.07, 6.45) is 5.54. The average Bonchev–Trinajstić information content (AvgIpc) is 2.99. The van der Waals surface area contributed by atoms with Gasteiger partial charge < -0.3 is 9.47 Å². The predicted octanol–water partition coefficient (Wildman–Crippen LogP) is 4.98. The molecule has 4 nitrogen and oxygen atoms in total. The summed E-state index contributed by atoms with van der Waals surface area (Å²) in [5.74, 6) is 2.33. The summed E-state index contributed by atoms with van der Waals surface area (Å²) in [7, 11) is 0. The summed E-state index contributed by atoms with van der Waals surface area (Å²) in [5.41, 5.74) is 3.67. The van der Waals surface area contributed by atoms with Crippen molar-refractivity contribution < 1.29 is 14.3 Å². The Hall–Kier alpha value is -2.85. The van der Waals surface area contributed by atoms with Gasteiger partial charge in [-0.1, -0.05) is 56.3 Å². The minimum absolute atomic E-state index is 0.0698. The predicted molar refractivity (Wildman–Crippen MR) is 110 cm³/mol. The standard InChI is InChI=1S/C24H25NO3/c1-16(2)13-25-14-19-12-20-22(26)21(11-7-10-18-8-5-4-6-9-18)28-24(20)17(3)23(19)27-15-25/h4-12,16H,13-15H2,1-3H3/b10-7+,21-11-. The zero-order valence-electron chi connectivity index (χ0n) is 16.6. The first-order chi connectivity index (χ1) is 13.5. The Morgan fingerprint density at radius 1 is 1.18 bits per heavy atom. The molecule has 2 heterocycles. The van der Waals surface area contributed by atoms with Crippen LogP contribution in [0.3, 0.4) is 0 Å². The molecule has 0 saturated heterocycles. The molecule has 4 heteroatoms. The van der Waals surface area contributed by atoms with Crippen molar-refractivity contribution in [3.8, 4) is 11.5 Å². The lowest BCUT2D eigenvalue weighted by atomic mass is 10.00. The van der Waals surface area contributed by atoms with E-state index in [1.807, 2.05) is 55.5 Å². The van der Waals surface area contributed by atoms with Crippen LogP contribution in [-0.2, 0) is 6.54 Å². The zero-order chi connectivity index (χ0) is 19.7. The lowest BCUT2D eigenvalue weighted by Gasteiger charge is -2.31. The molecular formula is C24H25NO3. The summed E-state index contributed by atoms with van der Waals surface area (Å²) in [6.45, 7) is 8.69. The van der Waals surface area contributed by atoms with E-state index in [0.29, 0.717) is 29.7 Å². The smallest absolute Gasteiger partial charge is 0.231 e. The lowest BCUT2D eigenvalue weighted by Crippen LogP contribution is -2.35. The molecule has 4 rings (SSSR count). The number of allylic oxidation sites excluding steroid dienone is 3. The molecule has 0 amide bonds. The van der Waals surface area contributed by atoms with Crippen LogP contribution in [0.4, 0.5) is 0 Å². The molecule has 28 heavy (non-hydrogen) atoms. The largest absolute Gasteiger partial charge is 0.477 e. The number of benzene rings is 2. The SMILES string of the molecule is Cc1c2c(cc3c1O/C(=C\C=C\c1ccccc1)C3=O)CN(CC(C)C)CO2. The van der Waals surface area contributed by atoms with E-state index in [9.17, 15) is 4.79 Å².